The summed E-state index contributed by atoms with van der Waals surface area (Å²) in [6.07, 6.45) is -4.91. The van der Waals surface area contributed by atoms with Gasteiger partial charge in [-0.3, -0.25) is 4.79 Å². The van der Waals surface area contributed by atoms with Crippen LogP contribution in [-0.4, -0.2) is 36.1 Å². The van der Waals surface area contributed by atoms with E-state index in [-0.39, 0.29) is 19.1 Å². The van der Waals surface area contributed by atoms with Gasteiger partial charge in [-0.25, -0.2) is 4.39 Å². The summed E-state index contributed by atoms with van der Waals surface area (Å²) in [7, 11) is 0. The smallest absolute Gasteiger partial charge is 0.325 e. The van der Waals surface area contributed by atoms with Gasteiger partial charge in [0.2, 0.25) is 0 Å². The molecule has 0 spiro atoms. The van der Waals surface area contributed by atoms with Gasteiger partial charge in [0.05, 0.1) is 6.04 Å². The van der Waals surface area contributed by atoms with Gasteiger partial charge >= 0.3 is 12.1 Å². The minimum Gasteiger partial charge on any atom is -0.325 e. The predicted octanol–water partition coefficient (Wildman–Crippen LogP) is 2.25. The third-order valence-corrected chi connectivity index (χ3v) is 3.26. The van der Waals surface area contributed by atoms with Crippen LogP contribution in [0.3, 0.4) is 0 Å². The number of nitrogens with one attached hydrogen (secondary N) is 1. The lowest BCUT2D eigenvalue weighted by atomic mass is 10.0. The van der Waals surface area contributed by atoms with Gasteiger partial charge in [0.1, 0.15) is 5.82 Å². The first-order chi connectivity index (χ1) is 9.29. The maximum Gasteiger partial charge on any atom is 0.471 e. The number of benzene rings is 1. The van der Waals surface area contributed by atoms with Crippen molar-refractivity contribution in [3.63, 3.8) is 0 Å². The summed E-state index contributed by atoms with van der Waals surface area (Å²) >= 11 is 0. The van der Waals surface area contributed by atoms with E-state index in [9.17, 15) is 22.4 Å². The van der Waals surface area contributed by atoms with Crippen LogP contribution in [0, 0.1) is 5.82 Å². The molecule has 1 amide bonds. The summed E-state index contributed by atoms with van der Waals surface area (Å²) in [5.74, 6) is -2.33. The van der Waals surface area contributed by atoms with Crippen molar-refractivity contribution in [3.05, 3.63) is 35.6 Å². The molecule has 0 aromatic heterocycles. The van der Waals surface area contributed by atoms with Crippen LogP contribution < -0.4 is 5.32 Å². The Bertz CT molecular complexity index is 486. The highest BCUT2D eigenvalue weighted by Gasteiger charge is 2.46. The fraction of sp³-hybridized carbons (Fsp3) is 0.462. The van der Waals surface area contributed by atoms with Gasteiger partial charge in [0, 0.05) is 19.1 Å². The first-order valence-electron chi connectivity index (χ1n) is 6.15. The standard InChI is InChI=1S/C13H14F4N2O/c1-8-7-19(12(20)13(15,16)17)11(6-18-8)9-2-4-10(14)5-3-9/h2-5,8,11,18H,6-7H2,1H3. The maximum absolute atomic E-state index is 12.9. The number of piperazine rings is 1. The number of hydrogen-bond acceptors (Lipinski definition) is 2. The van der Waals surface area contributed by atoms with Crippen LogP contribution in [0.5, 0.6) is 0 Å². The van der Waals surface area contributed by atoms with E-state index in [0.29, 0.717) is 5.56 Å². The van der Waals surface area contributed by atoms with Crippen LogP contribution in [0.2, 0.25) is 0 Å². The number of carbonyl (C=O) groups excluding carboxylic acids is 1. The molecule has 2 atom stereocenters. The Balaban J connectivity index is 2.29. The van der Waals surface area contributed by atoms with E-state index >= 15 is 0 Å². The molecule has 1 saturated heterocycles. The van der Waals surface area contributed by atoms with Crippen molar-refractivity contribution in [2.75, 3.05) is 13.1 Å². The molecule has 1 N–H and O–H groups in total. The lowest BCUT2D eigenvalue weighted by Crippen LogP contribution is -2.56. The van der Waals surface area contributed by atoms with E-state index in [4.69, 9.17) is 0 Å². The number of nitrogens with zero attached hydrogens (tertiary/aromatic N) is 1. The summed E-state index contributed by atoms with van der Waals surface area (Å²) in [5.41, 5.74) is 0.475. The lowest BCUT2D eigenvalue weighted by molar-refractivity contribution is -0.189. The SMILES string of the molecule is CC1CN(C(=O)C(F)(F)F)C(c2ccc(F)cc2)CN1. The number of amides is 1. The number of rotatable bonds is 1. The van der Waals surface area contributed by atoms with E-state index in [0.717, 1.165) is 4.90 Å². The Morgan fingerprint density at radius 2 is 1.90 bits per heavy atom. The third kappa shape index (κ3) is 3.09. The summed E-state index contributed by atoms with van der Waals surface area (Å²) in [6.45, 7) is 1.87. The molecule has 1 aromatic rings. The highest BCUT2D eigenvalue weighted by Crippen LogP contribution is 2.29. The zero-order valence-electron chi connectivity index (χ0n) is 10.7. The highest BCUT2D eigenvalue weighted by atomic mass is 19.4. The number of hydrogen-bond donors (Lipinski definition) is 1. The van der Waals surface area contributed by atoms with Crippen LogP contribution in [0.25, 0.3) is 0 Å². The monoisotopic (exact) mass is 290 g/mol. The maximum atomic E-state index is 12.9. The van der Waals surface area contributed by atoms with Gasteiger partial charge in [-0.15, -0.1) is 0 Å². The molecule has 7 heteroatoms. The zero-order chi connectivity index (χ0) is 14.9. The van der Waals surface area contributed by atoms with Gasteiger partial charge in [0.15, 0.2) is 0 Å². The third-order valence-electron chi connectivity index (χ3n) is 3.26. The molecular formula is C13H14F4N2O. The first-order valence-corrected chi connectivity index (χ1v) is 6.15. The molecule has 1 aliphatic rings. The van der Waals surface area contributed by atoms with Crippen molar-refractivity contribution in [2.24, 2.45) is 0 Å². The lowest BCUT2D eigenvalue weighted by Gasteiger charge is -2.39. The largest absolute Gasteiger partial charge is 0.471 e. The molecule has 20 heavy (non-hydrogen) atoms. The van der Waals surface area contributed by atoms with Crippen molar-refractivity contribution < 1.29 is 22.4 Å². The average Bonchev–Trinajstić information content (AvgIpc) is 2.38. The number of carbonyl (C=O) groups is 1. The Labute approximate surface area is 113 Å². The topological polar surface area (TPSA) is 32.3 Å². The Hall–Kier alpha value is -1.63. The van der Waals surface area contributed by atoms with Crippen molar-refractivity contribution in [2.45, 2.75) is 25.2 Å². The van der Waals surface area contributed by atoms with Crippen molar-refractivity contribution in [1.29, 1.82) is 0 Å². The molecule has 3 nitrogen and oxygen atoms in total. The highest BCUT2D eigenvalue weighted by molar-refractivity contribution is 5.82. The first kappa shape index (κ1) is 14.8. The Morgan fingerprint density at radius 3 is 2.45 bits per heavy atom. The van der Waals surface area contributed by atoms with E-state index in [1.54, 1.807) is 6.92 Å². The van der Waals surface area contributed by atoms with Gasteiger partial charge in [-0.1, -0.05) is 12.1 Å². The zero-order valence-corrected chi connectivity index (χ0v) is 10.7. The van der Waals surface area contributed by atoms with Gasteiger partial charge in [0.25, 0.3) is 0 Å². The Morgan fingerprint density at radius 1 is 1.30 bits per heavy atom. The van der Waals surface area contributed by atoms with Crippen LogP contribution in [-0.2, 0) is 4.79 Å². The van der Waals surface area contributed by atoms with Gasteiger partial charge in [-0.2, -0.15) is 13.2 Å². The minimum atomic E-state index is -4.91. The van der Waals surface area contributed by atoms with Crippen LogP contribution in [0.15, 0.2) is 24.3 Å². The fourth-order valence-corrected chi connectivity index (χ4v) is 2.28. The summed E-state index contributed by atoms with van der Waals surface area (Å²) < 4.78 is 50.8. The summed E-state index contributed by atoms with van der Waals surface area (Å²) in [5, 5.41) is 3.03. The van der Waals surface area contributed by atoms with E-state index in [1.807, 2.05) is 0 Å². The second-order valence-electron chi connectivity index (χ2n) is 4.83. The summed E-state index contributed by atoms with van der Waals surface area (Å²) in [6, 6.07) is 4.16. The molecule has 1 aromatic carbocycles. The molecular weight excluding hydrogens is 276 g/mol. The second-order valence-corrected chi connectivity index (χ2v) is 4.83. The van der Waals surface area contributed by atoms with Gasteiger partial charge < -0.3 is 10.2 Å². The van der Waals surface area contributed by atoms with E-state index < -0.39 is 23.9 Å². The number of alkyl halides is 3. The normalized spacial score (nSPS) is 23.8. The second kappa shape index (κ2) is 5.40. The number of halogens is 4. The predicted molar refractivity (Wildman–Crippen MR) is 64.4 cm³/mol. The van der Waals surface area contributed by atoms with Crippen molar-refractivity contribution >= 4 is 5.91 Å². The van der Waals surface area contributed by atoms with Crippen molar-refractivity contribution in [1.82, 2.24) is 10.2 Å². The van der Waals surface area contributed by atoms with Crippen molar-refractivity contribution in [3.8, 4) is 0 Å². The fourth-order valence-electron chi connectivity index (χ4n) is 2.28. The molecule has 2 unspecified atom stereocenters. The van der Waals surface area contributed by atoms with E-state index in [1.165, 1.54) is 24.3 Å². The molecule has 1 fully saturated rings. The molecule has 0 aliphatic carbocycles. The molecule has 0 bridgehead atoms. The average molecular weight is 290 g/mol. The molecule has 110 valence electrons. The quantitative estimate of drug-likeness (QED) is 0.805. The van der Waals surface area contributed by atoms with Gasteiger partial charge in [-0.05, 0) is 24.6 Å². The molecule has 0 saturated carbocycles. The minimum absolute atomic E-state index is 0.0413. The molecule has 0 radical (unpaired) electrons. The molecule has 1 heterocycles. The molecule has 1 aliphatic heterocycles. The summed E-state index contributed by atoms with van der Waals surface area (Å²) in [4.78, 5) is 12.3. The molecule has 2 rings (SSSR count). The van der Waals surface area contributed by atoms with Crippen LogP contribution in [0.4, 0.5) is 17.6 Å². The van der Waals surface area contributed by atoms with E-state index in [2.05, 4.69) is 5.32 Å². The Kier molecular flexibility index (Phi) is 3.99. The van der Waals surface area contributed by atoms with Crippen LogP contribution >= 0.6 is 0 Å². The van der Waals surface area contributed by atoms with Crippen LogP contribution in [0.1, 0.15) is 18.5 Å².